The molecule has 0 aromatic heterocycles. The van der Waals surface area contributed by atoms with Crippen molar-refractivity contribution < 1.29 is 9.18 Å². The number of hydrogen-bond acceptors (Lipinski definition) is 3. The maximum absolute atomic E-state index is 13.1. The molecule has 0 saturated carbocycles. The van der Waals surface area contributed by atoms with Gasteiger partial charge in [0.25, 0.3) is 0 Å². The molecule has 1 atom stereocenters. The van der Waals surface area contributed by atoms with Crippen LogP contribution in [0.3, 0.4) is 0 Å². The average Bonchev–Trinajstić information content (AvgIpc) is 2.56. The molecule has 1 unspecified atom stereocenters. The van der Waals surface area contributed by atoms with Gasteiger partial charge >= 0.3 is 0 Å². The van der Waals surface area contributed by atoms with Gasteiger partial charge in [0, 0.05) is 16.6 Å². The summed E-state index contributed by atoms with van der Waals surface area (Å²) in [6.07, 6.45) is 2.00. The highest BCUT2D eigenvalue weighted by Gasteiger charge is 2.16. The minimum Gasteiger partial charge on any atom is -0.325 e. The molecular weight excluding hydrogens is 323 g/mol. The Kier molecular flexibility index (Phi) is 6.82. The molecule has 0 radical (unpaired) electrons. The zero-order valence-corrected chi connectivity index (χ0v) is 15.0. The number of nitrogens with one attached hydrogen (secondary N) is 2. The molecule has 2 aromatic carbocycles. The smallest absolute Gasteiger partial charge is 0.238 e. The molecular formula is C19H23FN2OS. The van der Waals surface area contributed by atoms with Crippen LogP contribution >= 0.6 is 11.8 Å². The second-order valence-electron chi connectivity index (χ2n) is 5.93. The molecule has 3 nitrogen and oxygen atoms in total. The predicted octanol–water partition coefficient (Wildman–Crippen LogP) is 4.47. The van der Waals surface area contributed by atoms with Crippen molar-refractivity contribution in [3.05, 3.63) is 59.9 Å². The summed E-state index contributed by atoms with van der Waals surface area (Å²) in [7, 11) is 0. The second-order valence-corrected chi connectivity index (χ2v) is 6.81. The van der Waals surface area contributed by atoms with Gasteiger partial charge in [-0.15, -0.1) is 11.8 Å². The van der Waals surface area contributed by atoms with E-state index in [9.17, 15) is 9.18 Å². The summed E-state index contributed by atoms with van der Waals surface area (Å²) in [5.74, 6) is -0.0724. The third kappa shape index (κ3) is 5.35. The minimum atomic E-state index is -0.257. The van der Waals surface area contributed by atoms with Crippen LogP contribution in [0, 0.1) is 11.7 Å². The van der Waals surface area contributed by atoms with Crippen LogP contribution in [0.5, 0.6) is 0 Å². The molecule has 24 heavy (non-hydrogen) atoms. The van der Waals surface area contributed by atoms with E-state index in [0.717, 1.165) is 16.1 Å². The van der Waals surface area contributed by atoms with Crippen LogP contribution in [0.2, 0.25) is 0 Å². The Bertz CT molecular complexity index is 673. The van der Waals surface area contributed by atoms with Crippen LogP contribution in [0.15, 0.2) is 53.4 Å². The minimum absolute atomic E-state index is 0.00567. The van der Waals surface area contributed by atoms with Gasteiger partial charge in [0.05, 0.1) is 6.54 Å². The van der Waals surface area contributed by atoms with Crippen LogP contribution < -0.4 is 10.6 Å². The quantitative estimate of drug-likeness (QED) is 0.727. The van der Waals surface area contributed by atoms with Gasteiger partial charge in [0.15, 0.2) is 0 Å². The van der Waals surface area contributed by atoms with E-state index in [1.807, 2.05) is 30.5 Å². The monoisotopic (exact) mass is 346 g/mol. The number of amides is 1. The third-order valence-electron chi connectivity index (χ3n) is 3.73. The van der Waals surface area contributed by atoms with Crippen LogP contribution in [0.4, 0.5) is 10.1 Å². The number of carbonyl (C=O) groups is 1. The summed E-state index contributed by atoms with van der Waals surface area (Å²) >= 11 is 1.63. The molecule has 0 spiro atoms. The van der Waals surface area contributed by atoms with Gasteiger partial charge in [0.1, 0.15) is 5.82 Å². The maximum atomic E-state index is 13.1. The Morgan fingerprint density at radius 1 is 1.17 bits per heavy atom. The van der Waals surface area contributed by atoms with Crippen LogP contribution in [-0.4, -0.2) is 18.7 Å². The average molecular weight is 346 g/mol. The fourth-order valence-corrected chi connectivity index (χ4v) is 2.98. The highest BCUT2D eigenvalue weighted by Crippen LogP contribution is 2.22. The third-order valence-corrected chi connectivity index (χ3v) is 4.46. The lowest BCUT2D eigenvalue weighted by Gasteiger charge is -2.23. The van der Waals surface area contributed by atoms with Crippen LogP contribution in [-0.2, 0) is 4.79 Å². The van der Waals surface area contributed by atoms with Crippen molar-refractivity contribution in [2.45, 2.75) is 24.8 Å². The van der Waals surface area contributed by atoms with E-state index in [-0.39, 0.29) is 30.2 Å². The summed E-state index contributed by atoms with van der Waals surface area (Å²) in [6.45, 7) is 4.34. The lowest BCUT2D eigenvalue weighted by molar-refractivity contribution is -0.115. The van der Waals surface area contributed by atoms with Gasteiger partial charge in [-0.05, 0) is 48.1 Å². The summed E-state index contributed by atoms with van der Waals surface area (Å²) in [4.78, 5) is 13.3. The van der Waals surface area contributed by atoms with E-state index in [1.54, 1.807) is 23.9 Å². The highest BCUT2D eigenvalue weighted by atomic mass is 32.2. The lowest BCUT2D eigenvalue weighted by atomic mass is 9.96. The van der Waals surface area contributed by atoms with E-state index < -0.39 is 0 Å². The summed E-state index contributed by atoms with van der Waals surface area (Å²) in [5.41, 5.74) is 1.76. The van der Waals surface area contributed by atoms with Crippen molar-refractivity contribution in [2.24, 2.45) is 5.92 Å². The molecule has 0 saturated heterocycles. The molecule has 2 rings (SSSR count). The lowest BCUT2D eigenvalue weighted by Crippen LogP contribution is -2.33. The summed E-state index contributed by atoms with van der Waals surface area (Å²) in [6, 6.07) is 14.1. The summed E-state index contributed by atoms with van der Waals surface area (Å²) < 4.78 is 13.1. The van der Waals surface area contributed by atoms with Crippen molar-refractivity contribution in [3.8, 4) is 0 Å². The van der Waals surface area contributed by atoms with Gasteiger partial charge in [-0.1, -0.05) is 32.0 Å². The Morgan fingerprint density at radius 3 is 2.50 bits per heavy atom. The maximum Gasteiger partial charge on any atom is 0.238 e. The largest absolute Gasteiger partial charge is 0.325 e. The van der Waals surface area contributed by atoms with Crippen LogP contribution in [0.1, 0.15) is 25.5 Å². The topological polar surface area (TPSA) is 41.1 Å². The standard InChI is InChI=1S/C19H23FN2OS/c1-13(2)19(14-7-9-15(20)10-8-14)21-12-18(23)22-16-5-4-6-17(11-16)24-3/h4-11,13,19,21H,12H2,1-3H3,(H,22,23). The summed E-state index contributed by atoms with van der Waals surface area (Å²) in [5, 5.41) is 6.16. The van der Waals surface area contributed by atoms with E-state index in [1.165, 1.54) is 12.1 Å². The molecule has 0 fully saturated rings. The van der Waals surface area contributed by atoms with Gasteiger partial charge in [-0.2, -0.15) is 0 Å². The second kappa shape index (κ2) is 8.85. The van der Waals surface area contributed by atoms with E-state index in [4.69, 9.17) is 0 Å². The van der Waals surface area contributed by atoms with E-state index in [2.05, 4.69) is 24.5 Å². The molecule has 0 heterocycles. The Balaban J connectivity index is 1.96. The highest BCUT2D eigenvalue weighted by molar-refractivity contribution is 7.98. The van der Waals surface area contributed by atoms with Crippen molar-refractivity contribution in [1.29, 1.82) is 0 Å². The normalized spacial score (nSPS) is 12.2. The Labute approximate surface area is 147 Å². The molecule has 1 amide bonds. The molecule has 5 heteroatoms. The number of hydrogen-bond donors (Lipinski definition) is 2. The number of anilines is 1. The first-order valence-electron chi connectivity index (χ1n) is 7.92. The Hall–Kier alpha value is -1.85. The van der Waals surface area contributed by atoms with Crippen LogP contribution in [0.25, 0.3) is 0 Å². The first kappa shape index (κ1) is 18.5. The molecule has 2 N–H and O–H groups in total. The molecule has 128 valence electrons. The SMILES string of the molecule is CSc1cccc(NC(=O)CNC(c2ccc(F)cc2)C(C)C)c1. The zero-order chi connectivity index (χ0) is 17.5. The number of benzene rings is 2. The van der Waals surface area contributed by atoms with Gasteiger partial charge in [-0.3, -0.25) is 4.79 Å². The first-order valence-corrected chi connectivity index (χ1v) is 9.15. The zero-order valence-electron chi connectivity index (χ0n) is 14.2. The molecule has 0 aliphatic heterocycles. The van der Waals surface area contributed by atoms with Gasteiger partial charge in [0.2, 0.25) is 5.91 Å². The van der Waals surface area contributed by atoms with Crippen molar-refractivity contribution in [1.82, 2.24) is 5.32 Å². The Morgan fingerprint density at radius 2 is 1.88 bits per heavy atom. The van der Waals surface area contributed by atoms with Crippen molar-refractivity contribution in [2.75, 3.05) is 18.1 Å². The number of carbonyl (C=O) groups excluding carboxylic acids is 1. The molecule has 0 bridgehead atoms. The molecule has 2 aromatic rings. The van der Waals surface area contributed by atoms with Crippen molar-refractivity contribution >= 4 is 23.4 Å². The van der Waals surface area contributed by atoms with E-state index in [0.29, 0.717) is 0 Å². The van der Waals surface area contributed by atoms with Gasteiger partial charge < -0.3 is 10.6 Å². The van der Waals surface area contributed by atoms with Crippen molar-refractivity contribution in [3.63, 3.8) is 0 Å². The fourth-order valence-electron chi connectivity index (χ4n) is 2.52. The number of rotatable bonds is 7. The first-order chi connectivity index (χ1) is 11.5. The number of halogens is 1. The number of thioether (sulfide) groups is 1. The van der Waals surface area contributed by atoms with E-state index >= 15 is 0 Å². The molecule has 0 aliphatic carbocycles. The fraction of sp³-hybridized carbons (Fsp3) is 0.316. The molecule has 0 aliphatic rings. The predicted molar refractivity (Wildman–Crippen MR) is 98.8 cm³/mol. The van der Waals surface area contributed by atoms with Gasteiger partial charge in [-0.25, -0.2) is 4.39 Å².